The van der Waals surface area contributed by atoms with E-state index in [9.17, 15) is 0 Å². The molecule has 3 heteroatoms. The number of fused-ring (bicyclic) bond motifs is 6. The summed E-state index contributed by atoms with van der Waals surface area (Å²) in [7, 11) is 0. The van der Waals surface area contributed by atoms with E-state index >= 15 is 0 Å². The summed E-state index contributed by atoms with van der Waals surface area (Å²) in [5.74, 6) is 0.204. The highest BCUT2D eigenvalue weighted by atomic mass is 15.2. The molecule has 0 radical (unpaired) electrons. The van der Waals surface area contributed by atoms with Crippen LogP contribution >= 0.6 is 0 Å². The van der Waals surface area contributed by atoms with Crippen molar-refractivity contribution >= 4 is 11.4 Å². The SMILES string of the molecule is C\C=C/C=C\C(=C1/C=CC=CC1C)N(c1ccc(-c2c3c(n(-c4ccccc4)c2-c2ccccc2)-c2c(c(-c4ccccc4)c(-c4ccccc4)n2-c2ccccc2)C3(C)C)cc1)c1ccc2c(c1)C(C)(C)c1ccccc1-2. The molecule has 0 aliphatic heterocycles. The van der Waals surface area contributed by atoms with Crippen molar-refractivity contribution in [2.24, 2.45) is 5.92 Å². The number of allylic oxidation sites excluding steroid dienone is 9. The molecular formula is C75H63N3. The van der Waals surface area contributed by atoms with Crippen molar-refractivity contribution in [2.75, 3.05) is 4.90 Å². The molecule has 3 aliphatic carbocycles. The van der Waals surface area contributed by atoms with Crippen molar-refractivity contribution in [3.63, 3.8) is 0 Å². The van der Waals surface area contributed by atoms with Gasteiger partial charge in [0.2, 0.25) is 0 Å². The Morgan fingerprint density at radius 1 is 0.449 bits per heavy atom. The van der Waals surface area contributed by atoms with Gasteiger partial charge >= 0.3 is 0 Å². The molecule has 8 aromatic carbocycles. The molecule has 0 N–H and O–H groups in total. The number of anilines is 2. The van der Waals surface area contributed by atoms with Gasteiger partial charge in [-0.2, -0.15) is 0 Å². The van der Waals surface area contributed by atoms with Gasteiger partial charge < -0.3 is 14.0 Å². The third kappa shape index (κ3) is 7.79. The molecule has 78 heavy (non-hydrogen) atoms. The highest BCUT2D eigenvalue weighted by molar-refractivity contribution is 6.03. The first kappa shape index (κ1) is 48.5. The zero-order valence-corrected chi connectivity index (χ0v) is 45.3. The number of para-hydroxylation sites is 2. The second-order valence-electron chi connectivity index (χ2n) is 22.0. The molecule has 10 aromatic rings. The smallest absolute Gasteiger partial charge is 0.0754 e. The molecule has 1 atom stereocenters. The van der Waals surface area contributed by atoms with Gasteiger partial charge in [0.05, 0.1) is 22.8 Å². The Hall–Kier alpha value is -9.18. The Bertz CT molecular complexity index is 4050. The van der Waals surface area contributed by atoms with Gasteiger partial charge in [-0.15, -0.1) is 0 Å². The van der Waals surface area contributed by atoms with E-state index in [-0.39, 0.29) is 11.3 Å². The summed E-state index contributed by atoms with van der Waals surface area (Å²) in [4.78, 5) is 2.50. The molecule has 0 amide bonds. The first-order chi connectivity index (χ1) is 38.2. The summed E-state index contributed by atoms with van der Waals surface area (Å²) in [6.07, 6.45) is 17.7. The van der Waals surface area contributed by atoms with Crippen molar-refractivity contribution < 1.29 is 0 Å². The van der Waals surface area contributed by atoms with E-state index in [4.69, 9.17) is 0 Å². The van der Waals surface area contributed by atoms with Crippen LogP contribution in [-0.4, -0.2) is 9.13 Å². The van der Waals surface area contributed by atoms with Gasteiger partial charge in [0.1, 0.15) is 0 Å². The van der Waals surface area contributed by atoms with Crippen LogP contribution in [0.1, 0.15) is 63.8 Å². The van der Waals surface area contributed by atoms with E-state index in [2.05, 4.69) is 323 Å². The van der Waals surface area contributed by atoms with Crippen LogP contribution in [0.2, 0.25) is 0 Å². The monoisotopic (exact) mass is 1010 g/mol. The predicted molar refractivity (Wildman–Crippen MR) is 329 cm³/mol. The summed E-state index contributed by atoms with van der Waals surface area (Å²) < 4.78 is 5.15. The summed E-state index contributed by atoms with van der Waals surface area (Å²) >= 11 is 0. The molecule has 2 heterocycles. The fourth-order valence-electron chi connectivity index (χ4n) is 13.1. The molecule has 2 aromatic heterocycles. The van der Waals surface area contributed by atoms with Crippen LogP contribution < -0.4 is 4.90 Å². The minimum atomic E-state index is -0.482. The van der Waals surface area contributed by atoms with Crippen molar-refractivity contribution in [3.05, 3.63) is 301 Å². The lowest BCUT2D eigenvalue weighted by Crippen LogP contribution is -2.20. The molecule has 0 fully saturated rings. The van der Waals surface area contributed by atoms with Gasteiger partial charge in [0.25, 0.3) is 0 Å². The van der Waals surface area contributed by atoms with Gasteiger partial charge in [-0.25, -0.2) is 0 Å². The van der Waals surface area contributed by atoms with Gasteiger partial charge in [0.15, 0.2) is 0 Å². The van der Waals surface area contributed by atoms with Crippen molar-refractivity contribution in [1.29, 1.82) is 0 Å². The van der Waals surface area contributed by atoms with Gasteiger partial charge in [-0.3, -0.25) is 0 Å². The molecule has 0 bridgehead atoms. The summed E-state index contributed by atoms with van der Waals surface area (Å²) in [5, 5.41) is 0. The lowest BCUT2D eigenvalue weighted by atomic mass is 9.76. The quantitative estimate of drug-likeness (QED) is 0.118. The highest BCUT2D eigenvalue weighted by Gasteiger charge is 2.49. The summed E-state index contributed by atoms with van der Waals surface area (Å²) in [6.45, 7) is 14.1. The minimum Gasteiger partial charge on any atom is -0.310 e. The number of aromatic nitrogens is 2. The van der Waals surface area contributed by atoms with E-state index in [0.29, 0.717) is 0 Å². The average molecular weight is 1010 g/mol. The van der Waals surface area contributed by atoms with Crippen LogP contribution in [0, 0.1) is 5.92 Å². The molecular weight excluding hydrogens is 943 g/mol. The molecule has 3 aliphatic rings. The zero-order valence-electron chi connectivity index (χ0n) is 45.3. The second-order valence-corrected chi connectivity index (χ2v) is 22.0. The van der Waals surface area contributed by atoms with Crippen LogP contribution in [0.5, 0.6) is 0 Å². The van der Waals surface area contributed by atoms with Gasteiger partial charge in [-0.1, -0.05) is 247 Å². The van der Waals surface area contributed by atoms with Crippen LogP contribution in [0.4, 0.5) is 11.4 Å². The topological polar surface area (TPSA) is 13.1 Å². The maximum absolute atomic E-state index is 2.58. The first-order valence-electron chi connectivity index (χ1n) is 27.6. The number of benzene rings is 8. The highest BCUT2D eigenvalue weighted by Crippen LogP contribution is 2.63. The Labute approximate surface area is 460 Å². The van der Waals surface area contributed by atoms with Gasteiger partial charge in [-0.05, 0) is 123 Å². The van der Waals surface area contributed by atoms with Gasteiger partial charge in [0, 0.05) is 56.3 Å². The Morgan fingerprint density at radius 2 is 0.923 bits per heavy atom. The molecule has 0 saturated carbocycles. The third-order valence-electron chi connectivity index (χ3n) is 16.6. The average Bonchev–Trinajstić information content (AvgIpc) is 3.28. The second kappa shape index (κ2) is 19.4. The minimum absolute atomic E-state index is 0.166. The molecule has 0 saturated heterocycles. The van der Waals surface area contributed by atoms with Crippen LogP contribution in [0.25, 0.3) is 78.7 Å². The van der Waals surface area contributed by atoms with E-state index in [1.165, 1.54) is 84.0 Å². The fourth-order valence-corrected chi connectivity index (χ4v) is 13.1. The van der Waals surface area contributed by atoms with Crippen LogP contribution in [0.3, 0.4) is 0 Å². The van der Waals surface area contributed by atoms with Crippen molar-refractivity contribution in [3.8, 4) is 78.7 Å². The molecule has 378 valence electrons. The molecule has 0 spiro atoms. The predicted octanol–water partition coefficient (Wildman–Crippen LogP) is 19.8. The largest absolute Gasteiger partial charge is 0.310 e. The summed E-state index contributed by atoms with van der Waals surface area (Å²) in [5.41, 5.74) is 26.1. The normalized spacial score (nSPS) is 16.1. The number of hydrogen-bond donors (Lipinski definition) is 0. The third-order valence-corrected chi connectivity index (χ3v) is 16.6. The zero-order chi connectivity index (χ0) is 53.1. The fraction of sp³-hybridized carbons (Fsp3) is 0.120. The van der Waals surface area contributed by atoms with E-state index < -0.39 is 5.41 Å². The maximum Gasteiger partial charge on any atom is 0.0754 e. The Morgan fingerprint density at radius 3 is 1.46 bits per heavy atom. The number of hydrogen-bond acceptors (Lipinski definition) is 1. The standard InChI is InChI=1S/C75H63N3/c1-7-8-14-43-65(60-40-26-25-29-51(60)2)76(59-48-49-62-61-41-27-28-42-63(61)74(3,4)64(62)50-59)58-46-44-53(45-47-58)67-69-73(78(57-38-23-13-24-39-57)71(67)55-34-19-11-20-35-55)72-68(75(69,5)6)66(52-30-15-9-16-31-52)70(54-32-17-10-18-33-54)77(72)56-36-21-12-22-37-56/h7-51H,1-6H3/b8-7-,43-14-,65-60-. The Kier molecular flexibility index (Phi) is 12.1. The van der Waals surface area contributed by atoms with Crippen LogP contribution in [-0.2, 0) is 10.8 Å². The lowest BCUT2D eigenvalue weighted by Gasteiger charge is -2.31. The maximum atomic E-state index is 2.58. The van der Waals surface area contributed by atoms with E-state index in [0.717, 1.165) is 39.6 Å². The Balaban J connectivity index is 1.10. The number of nitrogens with zero attached hydrogens (tertiary/aromatic N) is 3. The van der Waals surface area contributed by atoms with Crippen molar-refractivity contribution in [1.82, 2.24) is 9.13 Å². The van der Waals surface area contributed by atoms with Crippen molar-refractivity contribution in [2.45, 2.75) is 52.4 Å². The summed E-state index contributed by atoms with van der Waals surface area (Å²) in [6, 6.07) is 80.8. The molecule has 13 rings (SSSR count). The first-order valence-corrected chi connectivity index (χ1v) is 27.6. The van der Waals surface area contributed by atoms with Crippen LogP contribution in [0.15, 0.2) is 278 Å². The number of rotatable bonds is 11. The molecule has 3 nitrogen and oxygen atoms in total. The lowest BCUT2D eigenvalue weighted by molar-refractivity contribution is 0.660. The van der Waals surface area contributed by atoms with E-state index in [1.807, 2.05) is 0 Å². The van der Waals surface area contributed by atoms with E-state index in [1.54, 1.807) is 0 Å². The molecule has 1 unspecified atom stereocenters.